The number of ether oxygens (including phenoxy) is 1. The van der Waals surface area contributed by atoms with Gasteiger partial charge in [-0.3, -0.25) is 14.9 Å². The van der Waals surface area contributed by atoms with Crippen molar-refractivity contribution in [2.75, 3.05) is 7.11 Å². The molecule has 2 rings (SSSR count). The van der Waals surface area contributed by atoms with Gasteiger partial charge in [0.15, 0.2) is 0 Å². The fraction of sp³-hybridized carbons (Fsp3) is 0.353. The Balaban J connectivity index is 2.74. The van der Waals surface area contributed by atoms with E-state index in [9.17, 15) is 28.1 Å². The van der Waals surface area contributed by atoms with E-state index in [-0.39, 0.29) is 23.3 Å². The smallest absolute Gasteiger partial charge is 0.416 e. The van der Waals surface area contributed by atoms with Crippen LogP contribution in [0.25, 0.3) is 0 Å². The van der Waals surface area contributed by atoms with Crippen LogP contribution in [0.5, 0.6) is 0 Å². The number of halogens is 3. The molecule has 0 aromatic heterocycles. The molecule has 0 fully saturated rings. The highest BCUT2D eigenvalue weighted by molar-refractivity contribution is 5.74. The monoisotopic (exact) mass is 370 g/mol. The number of benzene rings is 1. The van der Waals surface area contributed by atoms with E-state index in [4.69, 9.17) is 0 Å². The average molecular weight is 370 g/mol. The first-order valence-electron chi connectivity index (χ1n) is 7.62. The average Bonchev–Trinajstić information content (AvgIpc) is 2.55. The third kappa shape index (κ3) is 3.71. The van der Waals surface area contributed by atoms with Crippen LogP contribution < -0.4 is 5.32 Å². The summed E-state index contributed by atoms with van der Waals surface area (Å²) >= 11 is 0. The van der Waals surface area contributed by atoms with Crippen molar-refractivity contribution in [3.63, 3.8) is 0 Å². The standard InChI is InChI=1S/C17H17F3N2O4/c1-9-12(8-14(23)26-3)15(16(22(24)25)10(2)21-9)11-6-4-5-7-13(11)17(18,19)20/h4-7,15,21H,8H2,1-3H3. The zero-order valence-corrected chi connectivity index (χ0v) is 14.3. The van der Waals surface area contributed by atoms with Gasteiger partial charge in [0, 0.05) is 5.70 Å². The molecule has 1 unspecified atom stereocenters. The molecule has 1 aliphatic heterocycles. The second kappa shape index (κ2) is 7.19. The lowest BCUT2D eigenvalue weighted by molar-refractivity contribution is -0.431. The Kier molecular flexibility index (Phi) is 5.38. The molecule has 0 radical (unpaired) electrons. The van der Waals surface area contributed by atoms with E-state index in [0.29, 0.717) is 5.70 Å². The number of hydrogen-bond donors (Lipinski definition) is 1. The molecule has 0 saturated heterocycles. The summed E-state index contributed by atoms with van der Waals surface area (Å²) in [4.78, 5) is 22.6. The summed E-state index contributed by atoms with van der Waals surface area (Å²) in [6, 6.07) is 4.66. The number of rotatable bonds is 4. The highest BCUT2D eigenvalue weighted by Crippen LogP contribution is 2.44. The summed E-state index contributed by atoms with van der Waals surface area (Å²) in [6.45, 7) is 2.97. The molecule has 0 aliphatic carbocycles. The van der Waals surface area contributed by atoms with Gasteiger partial charge in [-0.05, 0) is 31.1 Å². The number of alkyl halides is 3. The van der Waals surface area contributed by atoms with Gasteiger partial charge in [0.25, 0.3) is 5.70 Å². The van der Waals surface area contributed by atoms with E-state index < -0.39 is 34.2 Å². The van der Waals surface area contributed by atoms with Crippen LogP contribution in [0, 0.1) is 10.1 Å². The van der Waals surface area contributed by atoms with Crippen molar-refractivity contribution in [2.24, 2.45) is 0 Å². The summed E-state index contributed by atoms with van der Waals surface area (Å²) < 4.78 is 45.0. The Morgan fingerprint density at radius 2 is 1.88 bits per heavy atom. The molecular formula is C17H17F3N2O4. The summed E-state index contributed by atoms with van der Waals surface area (Å²) in [6.07, 6.45) is -5.06. The van der Waals surface area contributed by atoms with Crippen LogP contribution in [0.3, 0.4) is 0 Å². The lowest BCUT2D eigenvalue weighted by Crippen LogP contribution is -2.30. The van der Waals surface area contributed by atoms with Gasteiger partial charge in [-0.15, -0.1) is 0 Å². The predicted molar refractivity (Wildman–Crippen MR) is 86.3 cm³/mol. The molecule has 1 aromatic carbocycles. The first kappa shape index (κ1) is 19.5. The molecule has 0 spiro atoms. The molecule has 1 heterocycles. The molecule has 1 aromatic rings. The molecule has 6 nitrogen and oxygen atoms in total. The Bertz CT molecular complexity index is 812. The number of dihydropyridines is 1. The van der Waals surface area contributed by atoms with Gasteiger partial charge in [0.2, 0.25) is 0 Å². The van der Waals surface area contributed by atoms with Crippen LogP contribution in [0.15, 0.2) is 46.9 Å². The molecular weight excluding hydrogens is 353 g/mol. The van der Waals surface area contributed by atoms with Crippen molar-refractivity contribution < 1.29 is 27.6 Å². The van der Waals surface area contributed by atoms with E-state index in [0.717, 1.165) is 13.2 Å². The SMILES string of the molecule is COC(=O)CC1=C(C)NC(C)=C([N+](=O)[O-])C1c1ccccc1C(F)(F)F. The van der Waals surface area contributed by atoms with Crippen LogP contribution in [0.1, 0.15) is 37.3 Å². The normalized spacial score (nSPS) is 17.8. The van der Waals surface area contributed by atoms with Crippen molar-refractivity contribution in [3.05, 3.63) is 68.2 Å². The van der Waals surface area contributed by atoms with Crippen molar-refractivity contribution in [2.45, 2.75) is 32.4 Å². The molecule has 0 amide bonds. The number of nitrogens with one attached hydrogen (secondary N) is 1. The first-order valence-corrected chi connectivity index (χ1v) is 7.62. The largest absolute Gasteiger partial charge is 0.469 e. The lowest BCUT2D eigenvalue weighted by Gasteiger charge is -2.29. The number of carbonyl (C=O) groups is 1. The Morgan fingerprint density at radius 1 is 1.27 bits per heavy atom. The van der Waals surface area contributed by atoms with E-state index in [1.165, 1.54) is 25.1 Å². The van der Waals surface area contributed by atoms with E-state index in [1.54, 1.807) is 6.92 Å². The maximum absolute atomic E-state index is 13.5. The fourth-order valence-electron chi connectivity index (χ4n) is 3.07. The van der Waals surface area contributed by atoms with E-state index >= 15 is 0 Å². The second-order valence-electron chi connectivity index (χ2n) is 5.81. The fourth-order valence-corrected chi connectivity index (χ4v) is 3.07. The van der Waals surface area contributed by atoms with Crippen molar-refractivity contribution in [1.29, 1.82) is 0 Å². The summed E-state index contributed by atoms with van der Waals surface area (Å²) in [5.74, 6) is -2.01. The maximum Gasteiger partial charge on any atom is 0.416 e. The third-order valence-electron chi connectivity index (χ3n) is 4.20. The highest BCUT2D eigenvalue weighted by atomic mass is 19.4. The van der Waals surface area contributed by atoms with Gasteiger partial charge in [-0.1, -0.05) is 18.2 Å². The van der Waals surface area contributed by atoms with Gasteiger partial charge in [0.1, 0.15) is 5.92 Å². The van der Waals surface area contributed by atoms with Gasteiger partial charge < -0.3 is 10.1 Å². The van der Waals surface area contributed by atoms with Gasteiger partial charge in [-0.2, -0.15) is 13.2 Å². The Hall–Kier alpha value is -2.84. The van der Waals surface area contributed by atoms with Crippen LogP contribution >= 0.6 is 0 Å². The minimum atomic E-state index is -4.69. The zero-order valence-electron chi connectivity index (χ0n) is 14.3. The Labute approximate surface area is 147 Å². The molecule has 1 N–H and O–H groups in total. The van der Waals surface area contributed by atoms with Gasteiger partial charge in [0.05, 0.1) is 29.7 Å². The zero-order chi connectivity index (χ0) is 19.6. The van der Waals surface area contributed by atoms with Crippen molar-refractivity contribution in [3.8, 4) is 0 Å². The van der Waals surface area contributed by atoms with E-state index in [2.05, 4.69) is 10.1 Å². The van der Waals surface area contributed by atoms with Crippen LogP contribution in [0.2, 0.25) is 0 Å². The number of hydrogen-bond acceptors (Lipinski definition) is 5. The van der Waals surface area contributed by atoms with Crippen LogP contribution in [0.4, 0.5) is 13.2 Å². The number of carbonyl (C=O) groups excluding carboxylic acids is 1. The molecule has 0 saturated carbocycles. The number of methoxy groups -OCH3 is 1. The third-order valence-corrected chi connectivity index (χ3v) is 4.20. The molecule has 1 atom stereocenters. The molecule has 26 heavy (non-hydrogen) atoms. The highest BCUT2D eigenvalue weighted by Gasteiger charge is 2.43. The van der Waals surface area contributed by atoms with Crippen LogP contribution in [-0.4, -0.2) is 18.0 Å². The van der Waals surface area contributed by atoms with Crippen LogP contribution in [-0.2, 0) is 15.7 Å². The molecule has 9 heteroatoms. The minimum absolute atomic E-state index is 0.128. The minimum Gasteiger partial charge on any atom is -0.469 e. The number of nitro groups is 1. The number of allylic oxidation sites excluding steroid dienone is 3. The number of nitrogens with zero attached hydrogens (tertiary/aromatic N) is 1. The molecule has 0 bridgehead atoms. The molecule has 1 aliphatic rings. The first-order chi connectivity index (χ1) is 12.1. The van der Waals surface area contributed by atoms with Gasteiger partial charge >= 0.3 is 12.1 Å². The summed E-state index contributed by atoms with van der Waals surface area (Å²) in [5.41, 5.74) is -0.986. The maximum atomic E-state index is 13.5. The summed E-state index contributed by atoms with van der Waals surface area (Å²) in [7, 11) is 1.14. The quantitative estimate of drug-likeness (QED) is 0.496. The summed E-state index contributed by atoms with van der Waals surface area (Å²) in [5, 5.41) is 14.4. The van der Waals surface area contributed by atoms with Gasteiger partial charge in [-0.25, -0.2) is 0 Å². The van der Waals surface area contributed by atoms with Crippen molar-refractivity contribution >= 4 is 5.97 Å². The lowest BCUT2D eigenvalue weighted by atomic mass is 9.80. The number of esters is 1. The van der Waals surface area contributed by atoms with E-state index in [1.807, 2.05) is 0 Å². The predicted octanol–water partition coefficient (Wildman–Crippen LogP) is 3.74. The Morgan fingerprint density at radius 3 is 2.42 bits per heavy atom. The second-order valence-corrected chi connectivity index (χ2v) is 5.81. The van der Waals surface area contributed by atoms with Crippen molar-refractivity contribution in [1.82, 2.24) is 5.32 Å². The molecule has 140 valence electrons. The topological polar surface area (TPSA) is 81.5 Å².